The third-order valence-electron chi connectivity index (χ3n) is 5.42. The van der Waals surface area contributed by atoms with Crippen LogP contribution in [0.1, 0.15) is 49.1 Å². The van der Waals surface area contributed by atoms with E-state index in [1.54, 1.807) is 4.90 Å². The van der Waals surface area contributed by atoms with Crippen LogP contribution in [0.3, 0.4) is 0 Å². The maximum absolute atomic E-state index is 12.6. The Morgan fingerprint density at radius 1 is 1.11 bits per heavy atom. The van der Waals surface area contributed by atoms with Crippen molar-refractivity contribution < 1.29 is 14.7 Å². The molecule has 0 atom stereocenters. The highest BCUT2D eigenvalue weighted by molar-refractivity contribution is 6.30. The number of nitrogens with zero attached hydrogens (tertiary/aromatic N) is 1. The van der Waals surface area contributed by atoms with Crippen LogP contribution in [0, 0.1) is 0 Å². The lowest BCUT2D eigenvalue weighted by Gasteiger charge is -2.22. The Hall–Kier alpha value is -2.53. The molecule has 0 saturated heterocycles. The van der Waals surface area contributed by atoms with Gasteiger partial charge in [0.05, 0.1) is 0 Å². The van der Waals surface area contributed by atoms with E-state index in [4.69, 9.17) is 21.5 Å². The fraction of sp³-hybridized carbons (Fsp3) is 0.364. The number of carboxylic acid groups (broad SMARTS) is 1. The highest BCUT2D eigenvalue weighted by atomic mass is 35.5. The summed E-state index contributed by atoms with van der Waals surface area (Å²) in [5.41, 5.74) is 4.35. The number of nitrogens with one attached hydrogen (secondary N) is 1. The van der Waals surface area contributed by atoms with E-state index in [1.807, 2.05) is 30.3 Å². The quantitative estimate of drug-likeness (QED) is 0.637. The number of fused-ring (bicyclic) bond motifs is 1. The lowest BCUT2D eigenvalue weighted by molar-refractivity contribution is -0.122. The summed E-state index contributed by atoms with van der Waals surface area (Å²) in [4.78, 5) is 22.8. The fourth-order valence-corrected chi connectivity index (χ4v) is 4.24. The maximum atomic E-state index is 12.6. The number of rotatable bonds is 2. The van der Waals surface area contributed by atoms with Gasteiger partial charge in [0.2, 0.25) is 0 Å². The van der Waals surface area contributed by atoms with Gasteiger partial charge in [0.15, 0.2) is 0 Å². The van der Waals surface area contributed by atoms with Gasteiger partial charge in [-0.1, -0.05) is 43.0 Å². The van der Waals surface area contributed by atoms with Crippen LogP contribution in [-0.4, -0.2) is 24.2 Å². The van der Waals surface area contributed by atoms with E-state index in [-0.39, 0.29) is 12.5 Å². The summed E-state index contributed by atoms with van der Waals surface area (Å²) in [6, 6.07) is 14.0. The zero-order chi connectivity index (χ0) is 19.9. The van der Waals surface area contributed by atoms with E-state index in [2.05, 4.69) is 17.4 Å². The minimum absolute atomic E-state index is 0.0773. The third kappa shape index (κ3) is 4.84. The van der Waals surface area contributed by atoms with Crippen molar-refractivity contribution in [1.29, 1.82) is 0 Å². The molecule has 1 aliphatic carbocycles. The molecule has 2 aliphatic rings. The molecule has 0 aromatic heterocycles. The molecule has 0 unspecified atom stereocenters. The highest BCUT2D eigenvalue weighted by Crippen LogP contribution is 2.33. The monoisotopic (exact) mass is 400 g/mol. The molecule has 1 aliphatic heterocycles. The van der Waals surface area contributed by atoms with Crippen LogP contribution in [0.25, 0.3) is 0 Å². The minimum Gasteiger partial charge on any atom is -0.483 e. The summed E-state index contributed by atoms with van der Waals surface area (Å²) in [6.07, 6.45) is 7.47. The van der Waals surface area contributed by atoms with Crippen LogP contribution < -0.4 is 10.2 Å². The van der Waals surface area contributed by atoms with Gasteiger partial charge in [0.25, 0.3) is 6.47 Å². The van der Waals surface area contributed by atoms with E-state index in [0.29, 0.717) is 12.5 Å². The zero-order valence-corrected chi connectivity index (χ0v) is 16.5. The van der Waals surface area contributed by atoms with Gasteiger partial charge in [-0.2, -0.15) is 0 Å². The van der Waals surface area contributed by atoms with E-state index in [9.17, 15) is 4.79 Å². The van der Waals surface area contributed by atoms with Crippen molar-refractivity contribution in [3.63, 3.8) is 0 Å². The number of amides is 2. The minimum atomic E-state index is -0.250. The predicted octanol–water partition coefficient (Wildman–Crippen LogP) is 5.68. The maximum Gasteiger partial charge on any atom is 0.326 e. The molecule has 28 heavy (non-hydrogen) atoms. The van der Waals surface area contributed by atoms with Gasteiger partial charge in [0.1, 0.15) is 0 Å². The SMILES string of the molecule is O=C(Nc1ccc(C2CCCCC2)cc1)N1CCc2cc(Cl)ccc21.O=CO. The Kier molecular flexibility index (Phi) is 6.93. The van der Waals surface area contributed by atoms with E-state index >= 15 is 0 Å². The number of carbonyl (C=O) groups excluding carboxylic acids is 1. The standard InChI is InChI=1S/C21H23ClN2O.CH2O2/c22-18-8-11-20-17(14-18)12-13-24(20)21(25)23-19-9-6-16(7-10-19)15-4-2-1-3-5-15;2-1-3/h6-11,14-15H,1-5,12-13H2,(H,23,25);1H,(H,2,3). The predicted molar refractivity (Wildman–Crippen MR) is 112 cm³/mol. The average molecular weight is 401 g/mol. The molecular formula is C22H25ClN2O3. The molecule has 2 N–H and O–H groups in total. The van der Waals surface area contributed by atoms with Crippen molar-refractivity contribution in [3.8, 4) is 0 Å². The highest BCUT2D eigenvalue weighted by Gasteiger charge is 2.25. The van der Waals surface area contributed by atoms with Gasteiger partial charge in [-0.15, -0.1) is 0 Å². The number of hydrogen-bond acceptors (Lipinski definition) is 2. The first-order valence-corrected chi connectivity index (χ1v) is 10.0. The lowest BCUT2D eigenvalue weighted by atomic mass is 9.84. The van der Waals surface area contributed by atoms with Crippen LogP contribution in [0.4, 0.5) is 16.2 Å². The largest absolute Gasteiger partial charge is 0.483 e. The molecule has 6 heteroatoms. The number of benzene rings is 2. The van der Waals surface area contributed by atoms with Gasteiger partial charge < -0.3 is 10.4 Å². The summed E-state index contributed by atoms with van der Waals surface area (Å²) >= 11 is 6.04. The fourth-order valence-electron chi connectivity index (χ4n) is 4.05. The Bertz CT molecular complexity index is 817. The van der Waals surface area contributed by atoms with Gasteiger partial charge in [-0.05, 0) is 66.6 Å². The van der Waals surface area contributed by atoms with Crippen LogP contribution >= 0.6 is 11.6 Å². The molecule has 1 fully saturated rings. The lowest BCUT2D eigenvalue weighted by Crippen LogP contribution is -2.33. The zero-order valence-electron chi connectivity index (χ0n) is 15.7. The molecule has 2 aromatic rings. The third-order valence-corrected chi connectivity index (χ3v) is 5.66. The topological polar surface area (TPSA) is 69.6 Å². The number of carbonyl (C=O) groups is 2. The second-order valence-electron chi connectivity index (χ2n) is 7.17. The van der Waals surface area contributed by atoms with Crippen molar-refractivity contribution in [3.05, 3.63) is 58.6 Å². The summed E-state index contributed by atoms with van der Waals surface area (Å²) in [5.74, 6) is 0.689. The first-order valence-electron chi connectivity index (χ1n) is 9.67. The molecule has 1 saturated carbocycles. The van der Waals surface area contributed by atoms with Crippen molar-refractivity contribution in [2.24, 2.45) is 0 Å². The molecule has 0 bridgehead atoms. The smallest absolute Gasteiger partial charge is 0.326 e. The van der Waals surface area contributed by atoms with Crippen LogP contribution in [0.5, 0.6) is 0 Å². The first kappa shape index (κ1) is 20.2. The molecular weight excluding hydrogens is 376 g/mol. The Labute approximate surface area is 170 Å². The first-order chi connectivity index (χ1) is 13.6. The molecule has 2 amide bonds. The Balaban J connectivity index is 0.000000706. The average Bonchev–Trinajstić information content (AvgIpc) is 3.13. The molecule has 148 valence electrons. The van der Waals surface area contributed by atoms with Gasteiger partial charge in [0, 0.05) is 22.9 Å². The second kappa shape index (κ2) is 9.60. The van der Waals surface area contributed by atoms with Crippen molar-refractivity contribution in [1.82, 2.24) is 0 Å². The van der Waals surface area contributed by atoms with Crippen molar-refractivity contribution in [2.75, 3.05) is 16.8 Å². The molecule has 2 aromatic carbocycles. The van der Waals surface area contributed by atoms with Crippen LogP contribution in [0.2, 0.25) is 5.02 Å². The van der Waals surface area contributed by atoms with E-state index in [0.717, 1.165) is 28.4 Å². The van der Waals surface area contributed by atoms with Crippen molar-refractivity contribution in [2.45, 2.75) is 44.4 Å². The molecule has 0 radical (unpaired) electrons. The van der Waals surface area contributed by atoms with Gasteiger partial charge >= 0.3 is 6.03 Å². The number of halogens is 1. The number of anilines is 2. The summed E-state index contributed by atoms with van der Waals surface area (Å²) < 4.78 is 0. The molecule has 0 spiro atoms. The van der Waals surface area contributed by atoms with Gasteiger partial charge in [-0.3, -0.25) is 9.69 Å². The number of hydrogen-bond donors (Lipinski definition) is 2. The summed E-state index contributed by atoms with van der Waals surface area (Å²) in [5, 5.41) is 10.6. The normalized spacial score (nSPS) is 16.0. The van der Waals surface area contributed by atoms with Crippen molar-refractivity contribution >= 4 is 35.5 Å². The molecule has 4 rings (SSSR count). The molecule has 5 nitrogen and oxygen atoms in total. The molecule has 1 heterocycles. The Morgan fingerprint density at radius 3 is 2.46 bits per heavy atom. The summed E-state index contributed by atoms with van der Waals surface area (Å²) in [7, 11) is 0. The van der Waals surface area contributed by atoms with Gasteiger partial charge in [-0.25, -0.2) is 4.79 Å². The van der Waals surface area contributed by atoms with Crippen LogP contribution in [0.15, 0.2) is 42.5 Å². The Morgan fingerprint density at radius 2 is 1.79 bits per heavy atom. The number of urea groups is 1. The van der Waals surface area contributed by atoms with E-state index in [1.165, 1.54) is 37.7 Å². The summed E-state index contributed by atoms with van der Waals surface area (Å²) in [6.45, 7) is 0.446. The van der Waals surface area contributed by atoms with E-state index < -0.39 is 0 Å². The second-order valence-corrected chi connectivity index (χ2v) is 7.60. The van der Waals surface area contributed by atoms with Crippen LogP contribution in [-0.2, 0) is 11.2 Å².